The normalized spacial score (nSPS) is 17.1. The fourth-order valence-electron chi connectivity index (χ4n) is 5.27. The summed E-state index contributed by atoms with van der Waals surface area (Å²) in [6.45, 7) is 4.80. The van der Waals surface area contributed by atoms with Gasteiger partial charge in [-0.2, -0.15) is 0 Å². The van der Waals surface area contributed by atoms with Crippen LogP contribution in [0.15, 0.2) is 48.5 Å². The molecular weight excluding hydrogens is 474 g/mol. The Bertz CT molecular complexity index is 939. The summed E-state index contributed by atoms with van der Waals surface area (Å²) in [6, 6.07) is 15.8. The van der Waals surface area contributed by atoms with Gasteiger partial charge in [0.15, 0.2) is 0 Å². The molecule has 0 aliphatic heterocycles. The number of aliphatic hydroxyl groups is 1. The number of aliphatic hydroxyl groups excluding tert-OH is 1. The first kappa shape index (κ1) is 30.0. The van der Waals surface area contributed by atoms with Crippen LogP contribution in [0.25, 0.3) is 0 Å². The molecule has 1 atom stereocenters. The highest BCUT2D eigenvalue weighted by atomic mass is 16.5. The van der Waals surface area contributed by atoms with Gasteiger partial charge in [-0.25, -0.2) is 0 Å². The zero-order valence-corrected chi connectivity index (χ0v) is 23.3. The van der Waals surface area contributed by atoms with E-state index in [9.17, 15) is 5.11 Å². The van der Waals surface area contributed by atoms with E-state index in [-0.39, 0.29) is 0 Å². The molecule has 6 heteroatoms. The van der Waals surface area contributed by atoms with Crippen LogP contribution in [0.2, 0.25) is 0 Å². The number of ether oxygens (including phenoxy) is 2. The lowest BCUT2D eigenvalue weighted by Crippen LogP contribution is -2.15. The first-order chi connectivity index (χ1) is 18.5. The lowest BCUT2D eigenvalue weighted by atomic mass is 9.90. The topological polar surface area (TPSA) is 101 Å². The quantitative estimate of drug-likeness (QED) is 0.222. The van der Waals surface area contributed by atoms with Crippen molar-refractivity contribution in [3.05, 3.63) is 54.1 Å². The minimum atomic E-state index is -0.606. The summed E-state index contributed by atoms with van der Waals surface area (Å²) in [7, 11) is 0. The fraction of sp³-hybridized carbons (Fsp3) is 0.594. The van der Waals surface area contributed by atoms with E-state index in [1.807, 2.05) is 42.5 Å². The monoisotopic (exact) mass is 523 g/mol. The Hall–Kier alpha value is -2.57. The van der Waals surface area contributed by atoms with E-state index in [2.05, 4.69) is 11.4 Å². The van der Waals surface area contributed by atoms with Crippen molar-refractivity contribution >= 4 is 11.4 Å². The Labute approximate surface area is 229 Å². The zero-order valence-electron chi connectivity index (χ0n) is 23.3. The van der Waals surface area contributed by atoms with Gasteiger partial charge in [-0.15, -0.1) is 0 Å². The zero-order chi connectivity index (χ0) is 27.0. The molecule has 2 aromatic rings. The van der Waals surface area contributed by atoms with Gasteiger partial charge in [0.05, 0.1) is 19.3 Å². The van der Waals surface area contributed by atoms with Gasteiger partial charge in [-0.05, 0) is 74.3 Å². The van der Waals surface area contributed by atoms with E-state index < -0.39 is 6.10 Å². The van der Waals surface area contributed by atoms with Crippen molar-refractivity contribution in [2.75, 3.05) is 31.6 Å². The number of benzene rings is 2. The lowest BCUT2D eigenvalue weighted by molar-refractivity contribution is 0.183. The average Bonchev–Trinajstić information content (AvgIpc) is 2.95. The summed E-state index contributed by atoms with van der Waals surface area (Å²) in [6.07, 6.45) is 13.1. The highest BCUT2D eigenvalue weighted by Crippen LogP contribution is 2.27. The standard InChI is InChI=1S/C17H25NO2.C15H24N2O/c1-13(18)10-17(19)15-8-5-9-16(11-15)20-12-14-6-3-2-4-7-14;16-9-10-17-14-7-4-8-15(11-14)18-12-13-5-2-1-3-6-13/h5,8-9,11,14,17-19H,2-4,6-7,10,12H2,1H3;4,7-8,11,13,17H,1-3,5-6,9-10,12,16H2. The Morgan fingerprint density at radius 2 is 1.45 bits per heavy atom. The van der Waals surface area contributed by atoms with Crippen molar-refractivity contribution in [2.24, 2.45) is 17.6 Å². The van der Waals surface area contributed by atoms with Crippen LogP contribution >= 0.6 is 0 Å². The molecule has 38 heavy (non-hydrogen) atoms. The van der Waals surface area contributed by atoms with Gasteiger partial charge < -0.3 is 31.0 Å². The molecule has 210 valence electrons. The molecule has 0 radical (unpaired) electrons. The van der Waals surface area contributed by atoms with Crippen LogP contribution < -0.4 is 20.5 Å². The van der Waals surface area contributed by atoms with E-state index in [0.717, 1.165) is 48.4 Å². The molecule has 0 amide bonds. The summed E-state index contributed by atoms with van der Waals surface area (Å²) in [5.41, 5.74) is 7.88. The molecule has 5 N–H and O–H groups in total. The third kappa shape index (κ3) is 11.4. The molecule has 6 nitrogen and oxygen atoms in total. The van der Waals surface area contributed by atoms with Crippen molar-refractivity contribution in [3.63, 3.8) is 0 Å². The molecule has 2 saturated carbocycles. The van der Waals surface area contributed by atoms with Gasteiger partial charge in [0.1, 0.15) is 11.5 Å². The smallest absolute Gasteiger partial charge is 0.121 e. The van der Waals surface area contributed by atoms with Crippen LogP contribution in [0, 0.1) is 17.2 Å². The number of nitrogens with one attached hydrogen (secondary N) is 2. The number of hydrogen-bond acceptors (Lipinski definition) is 6. The Balaban J connectivity index is 0.000000212. The predicted molar refractivity (Wildman–Crippen MR) is 158 cm³/mol. The van der Waals surface area contributed by atoms with E-state index in [4.69, 9.17) is 20.6 Å². The maximum atomic E-state index is 10.0. The highest BCUT2D eigenvalue weighted by Gasteiger charge is 2.15. The Kier molecular flexibility index (Phi) is 13.5. The summed E-state index contributed by atoms with van der Waals surface area (Å²) in [5.74, 6) is 3.22. The third-order valence-corrected chi connectivity index (χ3v) is 7.47. The molecule has 4 rings (SSSR count). The van der Waals surface area contributed by atoms with Crippen LogP contribution in [-0.2, 0) is 0 Å². The minimum absolute atomic E-state index is 0.381. The van der Waals surface area contributed by atoms with Gasteiger partial charge in [-0.1, -0.05) is 56.7 Å². The maximum absolute atomic E-state index is 10.0. The molecule has 0 aromatic heterocycles. The van der Waals surface area contributed by atoms with E-state index >= 15 is 0 Å². The second-order valence-electron chi connectivity index (χ2n) is 10.9. The first-order valence-electron chi connectivity index (χ1n) is 14.6. The van der Waals surface area contributed by atoms with Crippen molar-refractivity contribution < 1.29 is 14.6 Å². The average molecular weight is 524 g/mol. The molecular formula is C32H49N3O3. The van der Waals surface area contributed by atoms with Gasteiger partial charge in [0.2, 0.25) is 0 Å². The van der Waals surface area contributed by atoms with Gasteiger partial charge >= 0.3 is 0 Å². The van der Waals surface area contributed by atoms with E-state index in [0.29, 0.717) is 24.6 Å². The van der Waals surface area contributed by atoms with E-state index in [1.54, 1.807) is 6.92 Å². The van der Waals surface area contributed by atoms with Gasteiger partial charge in [0.25, 0.3) is 0 Å². The van der Waals surface area contributed by atoms with E-state index in [1.165, 1.54) is 64.2 Å². The number of anilines is 1. The first-order valence-corrected chi connectivity index (χ1v) is 14.6. The molecule has 2 aliphatic carbocycles. The largest absolute Gasteiger partial charge is 0.493 e. The van der Waals surface area contributed by atoms with Crippen molar-refractivity contribution in [1.29, 1.82) is 5.41 Å². The van der Waals surface area contributed by atoms with Crippen LogP contribution in [0.4, 0.5) is 5.69 Å². The third-order valence-electron chi connectivity index (χ3n) is 7.47. The number of hydrogen-bond donors (Lipinski definition) is 4. The Morgan fingerprint density at radius 1 is 0.895 bits per heavy atom. The van der Waals surface area contributed by atoms with Crippen LogP contribution in [0.5, 0.6) is 11.5 Å². The molecule has 2 aromatic carbocycles. The maximum Gasteiger partial charge on any atom is 0.121 e. The summed E-state index contributed by atoms with van der Waals surface area (Å²) in [5, 5.41) is 20.8. The SMILES string of the molecule is CC(=N)CC(O)c1cccc(OCC2CCCCC2)c1.NCCNc1cccc(OCC2CCCCC2)c1. The number of nitrogens with two attached hydrogens (primary N) is 1. The highest BCUT2D eigenvalue weighted by molar-refractivity contribution is 5.79. The van der Waals surface area contributed by atoms with Crippen molar-refractivity contribution in [1.82, 2.24) is 0 Å². The summed E-state index contributed by atoms with van der Waals surface area (Å²) in [4.78, 5) is 0. The molecule has 2 fully saturated rings. The predicted octanol–water partition coefficient (Wildman–Crippen LogP) is 7.13. The molecule has 1 unspecified atom stereocenters. The fourth-order valence-corrected chi connectivity index (χ4v) is 5.27. The lowest BCUT2D eigenvalue weighted by Gasteiger charge is -2.22. The molecule has 0 heterocycles. The molecule has 0 bridgehead atoms. The second-order valence-corrected chi connectivity index (χ2v) is 10.9. The molecule has 0 spiro atoms. The van der Waals surface area contributed by atoms with Gasteiger partial charge in [0, 0.05) is 37.0 Å². The molecule has 0 saturated heterocycles. The Morgan fingerprint density at radius 3 is 2.00 bits per heavy atom. The van der Waals surface area contributed by atoms with Crippen molar-refractivity contribution in [2.45, 2.75) is 83.7 Å². The van der Waals surface area contributed by atoms with Crippen LogP contribution in [0.3, 0.4) is 0 Å². The summed E-state index contributed by atoms with van der Waals surface area (Å²) < 4.78 is 11.8. The van der Waals surface area contributed by atoms with Crippen molar-refractivity contribution in [3.8, 4) is 11.5 Å². The van der Waals surface area contributed by atoms with Gasteiger partial charge in [-0.3, -0.25) is 0 Å². The number of rotatable bonds is 12. The molecule has 2 aliphatic rings. The summed E-state index contributed by atoms with van der Waals surface area (Å²) >= 11 is 0. The second kappa shape index (κ2) is 17.1. The van der Waals surface area contributed by atoms with Crippen LogP contribution in [0.1, 0.15) is 89.2 Å². The van der Waals surface area contributed by atoms with Crippen LogP contribution in [-0.4, -0.2) is 37.1 Å². The minimum Gasteiger partial charge on any atom is -0.493 e.